The minimum atomic E-state index is -3.57. The molecular weight excluding hydrogens is 410 g/mol. The third-order valence-corrected chi connectivity index (χ3v) is 9.21. The van der Waals surface area contributed by atoms with E-state index in [1.807, 2.05) is 37.8 Å². The van der Waals surface area contributed by atoms with Crippen molar-refractivity contribution in [2.75, 3.05) is 26.2 Å². The van der Waals surface area contributed by atoms with Crippen LogP contribution in [0.15, 0.2) is 29.2 Å². The summed E-state index contributed by atoms with van der Waals surface area (Å²) in [5.74, 6) is 0.289. The Morgan fingerprint density at radius 1 is 0.968 bits per heavy atom. The summed E-state index contributed by atoms with van der Waals surface area (Å²) < 4.78 is 28.7. The quantitative estimate of drug-likeness (QED) is 0.667. The van der Waals surface area contributed by atoms with E-state index in [-0.39, 0.29) is 23.9 Å². The smallest absolute Gasteiger partial charge is 0.243 e. The number of hydrogen-bond donors (Lipinski definition) is 0. The Hall–Kier alpha value is -1.44. The Morgan fingerprint density at radius 2 is 1.55 bits per heavy atom. The number of sulfonamides is 1. The van der Waals surface area contributed by atoms with E-state index in [4.69, 9.17) is 0 Å². The Labute approximate surface area is 188 Å². The second-order valence-corrected chi connectivity index (χ2v) is 11.5. The first-order valence-electron chi connectivity index (χ1n) is 11.7. The highest BCUT2D eigenvalue weighted by Gasteiger charge is 2.39. The van der Waals surface area contributed by atoms with Crippen molar-refractivity contribution in [2.45, 2.75) is 83.3 Å². The number of carbonyl (C=O) groups is 1. The highest BCUT2D eigenvalue weighted by molar-refractivity contribution is 7.89. The van der Waals surface area contributed by atoms with Gasteiger partial charge in [0.2, 0.25) is 15.9 Å². The number of aryl methyl sites for hydroxylation is 1. The largest absolute Gasteiger partial charge is 0.340 e. The molecular formula is C24H39N3O3S. The molecule has 1 aliphatic heterocycles. The molecule has 1 heterocycles. The number of rotatable bonds is 6. The van der Waals surface area contributed by atoms with Crippen molar-refractivity contribution < 1.29 is 13.2 Å². The highest BCUT2D eigenvalue weighted by Crippen LogP contribution is 2.34. The van der Waals surface area contributed by atoms with Crippen LogP contribution in [-0.2, 0) is 14.8 Å². The summed E-state index contributed by atoms with van der Waals surface area (Å²) in [5, 5.41) is 0. The maximum Gasteiger partial charge on any atom is 0.243 e. The molecule has 0 unspecified atom stereocenters. The number of hydrogen-bond acceptors (Lipinski definition) is 4. The molecule has 0 spiro atoms. The van der Waals surface area contributed by atoms with Crippen molar-refractivity contribution in [1.82, 2.24) is 14.1 Å². The molecule has 31 heavy (non-hydrogen) atoms. The van der Waals surface area contributed by atoms with Crippen LogP contribution in [0, 0.1) is 12.8 Å². The van der Waals surface area contributed by atoms with Gasteiger partial charge in [-0.05, 0) is 71.9 Å². The van der Waals surface area contributed by atoms with Crippen LogP contribution in [0.25, 0.3) is 0 Å². The third kappa shape index (κ3) is 5.32. The van der Waals surface area contributed by atoms with Gasteiger partial charge in [0.15, 0.2) is 0 Å². The molecule has 1 aromatic rings. The number of nitrogens with zero attached hydrogens (tertiary/aromatic N) is 3. The summed E-state index contributed by atoms with van der Waals surface area (Å²) in [6, 6.07) is 7.55. The van der Waals surface area contributed by atoms with Gasteiger partial charge >= 0.3 is 0 Å². The lowest BCUT2D eigenvalue weighted by Gasteiger charge is -2.41. The molecule has 0 N–H and O–H groups in total. The molecule has 0 atom stereocenters. The van der Waals surface area contributed by atoms with Gasteiger partial charge in [-0.3, -0.25) is 9.69 Å². The summed E-state index contributed by atoms with van der Waals surface area (Å²) in [7, 11) is -3.57. The molecule has 1 saturated heterocycles. The van der Waals surface area contributed by atoms with Gasteiger partial charge in [-0.15, -0.1) is 0 Å². The molecule has 3 rings (SSSR count). The lowest BCUT2D eigenvalue weighted by atomic mass is 9.84. The van der Waals surface area contributed by atoms with Crippen LogP contribution in [0.1, 0.15) is 58.9 Å². The number of carbonyl (C=O) groups excluding carboxylic acids is 1. The predicted octanol–water partition coefficient (Wildman–Crippen LogP) is 3.51. The van der Waals surface area contributed by atoms with Gasteiger partial charge in [0.25, 0.3) is 0 Å². The summed E-state index contributed by atoms with van der Waals surface area (Å²) in [5.41, 5.74) is 0.776. The van der Waals surface area contributed by atoms with E-state index in [1.54, 1.807) is 16.4 Å². The van der Waals surface area contributed by atoms with Crippen molar-refractivity contribution in [3.8, 4) is 0 Å². The number of benzene rings is 1. The molecule has 0 bridgehead atoms. The maximum absolute atomic E-state index is 13.5. The van der Waals surface area contributed by atoms with Crippen LogP contribution >= 0.6 is 0 Å². The Bertz CT molecular complexity index is 853. The summed E-state index contributed by atoms with van der Waals surface area (Å²) in [6.07, 6.45) is 3.01. The minimum Gasteiger partial charge on any atom is -0.340 e. The number of amides is 1. The highest BCUT2D eigenvalue weighted by atomic mass is 32.2. The van der Waals surface area contributed by atoms with Crippen molar-refractivity contribution in [1.29, 1.82) is 0 Å². The zero-order chi connectivity index (χ0) is 22.8. The first-order chi connectivity index (χ1) is 14.6. The SMILES string of the molecule is Cc1ccccc1S(=O)(=O)N(C(C)C)[C@H]1CC[C@H](C(=O)N2CCN(C(C)C)CC2)CC1. The van der Waals surface area contributed by atoms with Crippen molar-refractivity contribution in [2.24, 2.45) is 5.92 Å². The standard InChI is InChI=1S/C24H39N3O3S/c1-18(2)25-14-16-26(17-15-25)24(28)21-10-12-22(13-11-21)27(19(3)4)31(29,30)23-9-7-6-8-20(23)5/h6-9,18-19,21-22H,10-17H2,1-5H3/t21-,22-. The molecule has 174 valence electrons. The average Bonchev–Trinajstić information content (AvgIpc) is 2.73. The van der Waals surface area contributed by atoms with E-state index in [0.717, 1.165) is 57.4 Å². The fourth-order valence-electron chi connectivity index (χ4n) is 5.15. The Balaban J connectivity index is 1.64. The zero-order valence-corrected chi connectivity index (χ0v) is 20.6. The first-order valence-corrected chi connectivity index (χ1v) is 13.2. The Kier molecular flexibility index (Phi) is 7.81. The van der Waals surface area contributed by atoms with Gasteiger partial charge in [-0.1, -0.05) is 18.2 Å². The van der Waals surface area contributed by atoms with E-state index < -0.39 is 10.0 Å². The van der Waals surface area contributed by atoms with Crippen molar-refractivity contribution in [3.63, 3.8) is 0 Å². The molecule has 0 aromatic heterocycles. The Morgan fingerprint density at radius 3 is 2.06 bits per heavy atom. The van der Waals surface area contributed by atoms with Gasteiger partial charge in [0.05, 0.1) is 4.90 Å². The first kappa shape index (κ1) is 24.2. The second kappa shape index (κ2) is 10.0. The van der Waals surface area contributed by atoms with Gasteiger partial charge in [-0.25, -0.2) is 8.42 Å². The monoisotopic (exact) mass is 449 g/mol. The lowest BCUT2D eigenvalue weighted by molar-refractivity contribution is -0.138. The normalized spacial score (nSPS) is 23.7. The molecule has 0 radical (unpaired) electrons. The van der Waals surface area contributed by atoms with Crippen LogP contribution in [0.5, 0.6) is 0 Å². The molecule has 1 aromatic carbocycles. The summed E-state index contributed by atoms with van der Waals surface area (Å²) >= 11 is 0. The second-order valence-electron chi connectivity index (χ2n) is 9.65. The zero-order valence-electron chi connectivity index (χ0n) is 19.8. The lowest BCUT2D eigenvalue weighted by Crippen LogP contribution is -2.53. The van der Waals surface area contributed by atoms with E-state index in [9.17, 15) is 13.2 Å². The third-order valence-electron chi connectivity index (χ3n) is 6.92. The fourth-order valence-corrected chi connectivity index (χ4v) is 7.26. The van der Waals surface area contributed by atoms with Gasteiger partial charge < -0.3 is 4.90 Å². The van der Waals surface area contributed by atoms with Crippen molar-refractivity contribution in [3.05, 3.63) is 29.8 Å². The molecule has 2 aliphatic rings. The molecule has 7 heteroatoms. The molecule has 1 saturated carbocycles. The van der Waals surface area contributed by atoms with E-state index >= 15 is 0 Å². The fraction of sp³-hybridized carbons (Fsp3) is 0.708. The summed E-state index contributed by atoms with van der Waals surface area (Å²) in [4.78, 5) is 17.9. The summed E-state index contributed by atoms with van der Waals surface area (Å²) in [6.45, 7) is 13.6. The molecule has 6 nitrogen and oxygen atoms in total. The van der Waals surface area contributed by atoms with Crippen LogP contribution in [0.2, 0.25) is 0 Å². The van der Waals surface area contributed by atoms with Crippen LogP contribution in [-0.4, -0.2) is 72.7 Å². The van der Waals surface area contributed by atoms with E-state index in [2.05, 4.69) is 18.7 Å². The van der Waals surface area contributed by atoms with Gasteiger partial charge in [0, 0.05) is 50.2 Å². The molecule has 2 fully saturated rings. The van der Waals surface area contributed by atoms with E-state index in [0.29, 0.717) is 10.9 Å². The molecule has 1 amide bonds. The van der Waals surface area contributed by atoms with Gasteiger partial charge in [0.1, 0.15) is 0 Å². The predicted molar refractivity (Wildman–Crippen MR) is 124 cm³/mol. The van der Waals surface area contributed by atoms with Crippen molar-refractivity contribution >= 4 is 15.9 Å². The van der Waals surface area contributed by atoms with Gasteiger partial charge in [-0.2, -0.15) is 4.31 Å². The van der Waals surface area contributed by atoms with Crippen LogP contribution in [0.4, 0.5) is 0 Å². The maximum atomic E-state index is 13.5. The van der Waals surface area contributed by atoms with Crippen LogP contribution in [0.3, 0.4) is 0 Å². The average molecular weight is 450 g/mol. The topological polar surface area (TPSA) is 60.9 Å². The number of piperazine rings is 1. The van der Waals surface area contributed by atoms with Crippen LogP contribution < -0.4 is 0 Å². The molecule has 1 aliphatic carbocycles. The van der Waals surface area contributed by atoms with E-state index in [1.165, 1.54) is 0 Å². The minimum absolute atomic E-state index is 0.0250.